The minimum absolute atomic E-state index is 0. The third-order valence-electron chi connectivity index (χ3n) is 7.08. The van der Waals surface area contributed by atoms with Gasteiger partial charge in [-0.05, 0) is 13.8 Å². The lowest BCUT2D eigenvalue weighted by molar-refractivity contribution is -0.0504. The number of imidazole rings is 2. The maximum Gasteiger partial charge on any atom is 0.469 e. The van der Waals surface area contributed by atoms with Crippen molar-refractivity contribution < 1.29 is 67.7 Å². The van der Waals surface area contributed by atoms with Crippen LogP contribution in [-0.2, 0) is 27.7 Å². The Hall–Kier alpha value is -2.83. The van der Waals surface area contributed by atoms with Crippen LogP contribution >= 0.6 is 27.2 Å². The third-order valence-corrected chi connectivity index (χ3v) is 8.31. The average Bonchev–Trinajstić information content (AvgIpc) is 3.72. The number of aliphatic hydroxyl groups is 4. The minimum Gasteiger partial charge on any atom is -0.387 e. The van der Waals surface area contributed by atoms with Crippen molar-refractivity contribution in [3.63, 3.8) is 0 Å². The Bertz CT molecular complexity index is 1950. The Labute approximate surface area is 279 Å². The molecule has 8 atom stereocenters. The molecule has 6 heterocycles. The number of nitrogens with zero attached hydrogens (tertiary/aromatic N) is 7. The van der Waals surface area contributed by atoms with E-state index in [-0.39, 0.29) is 23.7 Å². The zero-order valence-corrected chi connectivity index (χ0v) is 27.1. The van der Waals surface area contributed by atoms with Gasteiger partial charge in [-0.2, -0.15) is 0 Å². The monoisotopic (exact) mass is 758 g/mol. The van der Waals surface area contributed by atoms with E-state index in [9.17, 15) is 34.4 Å². The van der Waals surface area contributed by atoms with Gasteiger partial charge in [-0.15, -0.1) is 0 Å². The molecule has 0 unspecified atom stereocenters. The highest BCUT2D eigenvalue weighted by atomic mass is 35.5. The van der Waals surface area contributed by atoms with E-state index >= 15 is 0 Å². The van der Waals surface area contributed by atoms with Crippen LogP contribution in [0.4, 0.5) is 0 Å². The van der Waals surface area contributed by atoms with Crippen molar-refractivity contribution >= 4 is 49.6 Å². The van der Waals surface area contributed by atoms with Crippen molar-refractivity contribution in [2.75, 3.05) is 13.2 Å². The number of nitrogens with one attached hydrogen (secondary N) is 1. The fourth-order valence-corrected chi connectivity index (χ4v) is 5.86. The van der Waals surface area contributed by atoms with Crippen LogP contribution in [0, 0.1) is 13.8 Å². The molecule has 0 radical (unpaired) electrons. The highest BCUT2D eigenvalue weighted by molar-refractivity contribution is 7.46. The van der Waals surface area contributed by atoms with Crippen molar-refractivity contribution in [2.45, 2.75) is 70.4 Å². The number of hydrogen-bond acceptors (Lipinski definition) is 16. The number of phosphoric ester groups is 2. The van der Waals surface area contributed by atoms with Gasteiger partial charge in [0, 0.05) is 0 Å². The molecule has 26 heteroatoms. The molecular weight excluding hydrogens is 726 g/mol. The average molecular weight is 759 g/mol. The highest BCUT2D eigenvalue weighted by Crippen LogP contribution is 2.40. The van der Waals surface area contributed by atoms with Crippen molar-refractivity contribution in [3.8, 4) is 0 Å². The second kappa shape index (κ2) is 14.8. The van der Waals surface area contributed by atoms with Crippen LogP contribution in [0.25, 0.3) is 22.3 Å². The molecule has 2 fully saturated rings. The summed E-state index contributed by atoms with van der Waals surface area (Å²) in [5.74, 6) is 0.701. The van der Waals surface area contributed by atoms with Gasteiger partial charge in [-0.3, -0.25) is 23.0 Å². The predicted molar refractivity (Wildman–Crippen MR) is 163 cm³/mol. The SMILES string of the molecule is C.Cc1nc(Cl)c2ncn([C@@H]3O[C@H](COP(=O)(O)O)[C@@H](O)[C@H]3O)c2n1.Cc1nc2c(ncn2[C@@H]2O[C@H](COP(=O)(O)O)[C@@H](O)[C@H]2O)c(=O)[nH]1. The number of aromatic amines is 1. The molecule has 2 aliphatic rings. The topological polar surface area (TPSA) is 340 Å². The number of phosphoric acid groups is 2. The van der Waals surface area contributed by atoms with Gasteiger partial charge in [0.15, 0.2) is 34.4 Å². The molecule has 0 amide bonds. The zero-order chi connectivity index (χ0) is 35.3. The summed E-state index contributed by atoms with van der Waals surface area (Å²) in [6, 6.07) is 0. The highest BCUT2D eigenvalue weighted by Gasteiger charge is 2.46. The second-order valence-corrected chi connectivity index (χ2v) is 13.4. The Kier molecular flexibility index (Phi) is 11.8. The van der Waals surface area contributed by atoms with E-state index < -0.39 is 83.5 Å². The van der Waals surface area contributed by atoms with Crippen LogP contribution in [0.1, 0.15) is 31.5 Å². The van der Waals surface area contributed by atoms with Gasteiger partial charge in [0.2, 0.25) is 0 Å². The molecule has 9 N–H and O–H groups in total. The first-order valence-corrected chi connectivity index (χ1v) is 17.0. The molecule has 0 aromatic carbocycles. The summed E-state index contributed by atoms with van der Waals surface area (Å²) in [5, 5.41) is 40.4. The van der Waals surface area contributed by atoms with Crippen molar-refractivity contribution in [2.24, 2.45) is 0 Å². The van der Waals surface area contributed by atoms with Gasteiger partial charge in [0.25, 0.3) is 5.56 Å². The number of aliphatic hydroxyl groups excluding tert-OH is 4. The molecule has 4 aromatic heterocycles. The molecule has 2 aliphatic heterocycles. The molecular formula is C23H33ClN8O15P2. The Morgan fingerprint density at radius 2 is 1.24 bits per heavy atom. The number of ether oxygens (including phenoxy) is 2. The fraction of sp³-hybridized carbons (Fsp3) is 0.565. The molecule has 23 nitrogen and oxygen atoms in total. The molecule has 49 heavy (non-hydrogen) atoms. The van der Waals surface area contributed by atoms with Gasteiger partial charge >= 0.3 is 15.6 Å². The van der Waals surface area contributed by atoms with E-state index in [1.165, 1.54) is 21.8 Å². The van der Waals surface area contributed by atoms with E-state index in [1.807, 2.05) is 0 Å². The number of hydrogen-bond donors (Lipinski definition) is 9. The minimum atomic E-state index is -4.75. The van der Waals surface area contributed by atoms with Crippen molar-refractivity contribution in [1.29, 1.82) is 0 Å². The van der Waals surface area contributed by atoms with Crippen LogP contribution in [0.2, 0.25) is 5.15 Å². The van der Waals surface area contributed by atoms with E-state index in [0.29, 0.717) is 22.8 Å². The summed E-state index contributed by atoms with van der Waals surface area (Å²) >= 11 is 5.99. The number of H-pyrrole nitrogens is 1. The summed E-state index contributed by atoms with van der Waals surface area (Å²) < 4.78 is 43.6. The number of aromatic nitrogens is 8. The first kappa shape index (κ1) is 39.0. The van der Waals surface area contributed by atoms with Gasteiger partial charge in [-0.25, -0.2) is 34.0 Å². The standard InChI is InChI=1S/C11H14ClN4O7P.C11H15N4O8P.CH4/c1-4-14-9(12)6-10(15-4)16(3-13-6)11-8(18)7(17)5(23-11)2-22-24(19,20)21;1-4-13-9-6(10(18)14-4)12-3-15(9)11-8(17)7(16)5(23-11)2-22-24(19,20)21;/h3,5,7-8,11,17-18H,2H2,1H3,(H2,19,20,21);3,5,7-8,11,16-17H,2H2,1H3,(H,13,14,18)(H2,19,20,21);1H4/t2*5-,7-,8-,11-;/m11./s1. The third kappa shape index (κ3) is 8.56. The van der Waals surface area contributed by atoms with Gasteiger partial charge in [0.05, 0.1) is 25.9 Å². The first-order valence-electron chi connectivity index (χ1n) is 13.6. The molecule has 4 aromatic rings. The fourth-order valence-electron chi connectivity index (χ4n) is 4.93. The van der Waals surface area contributed by atoms with Crippen LogP contribution in [0.5, 0.6) is 0 Å². The Morgan fingerprint density at radius 1 is 0.796 bits per heavy atom. The molecule has 0 spiro atoms. The van der Waals surface area contributed by atoms with E-state index in [2.05, 4.69) is 39.0 Å². The Morgan fingerprint density at radius 3 is 1.71 bits per heavy atom. The normalized spacial score (nSPS) is 27.3. The largest absolute Gasteiger partial charge is 0.469 e. The first-order chi connectivity index (χ1) is 22.3. The lowest BCUT2D eigenvalue weighted by atomic mass is 10.1. The number of rotatable bonds is 8. The van der Waals surface area contributed by atoms with Crippen LogP contribution in [-0.4, -0.2) is 129 Å². The van der Waals surface area contributed by atoms with Crippen LogP contribution in [0.15, 0.2) is 17.4 Å². The van der Waals surface area contributed by atoms with Crippen LogP contribution < -0.4 is 5.56 Å². The molecule has 6 rings (SSSR count). The maximum atomic E-state index is 11.8. The van der Waals surface area contributed by atoms with E-state index in [1.54, 1.807) is 13.8 Å². The number of halogens is 1. The van der Waals surface area contributed by atoms with Crippen molar-refractivity contribution in [1.82, 2.24) is 39.0 Å². The summed E-state index contributed by atoms with van der Waals surface area (Å²) in [7, 11) is -9.47. The summed E-state index contributed by atoms with van der Waals surface area (Å²) in [6.45, 7) is 1.97. The summed E-state index contributed by atoms with van der Waals surface area (Å²) in [5.41, 5.74) is 0.290. The van der Waals surface area contributed by atoms with Gasteiger partial charge in [-0.1, -0.05) is 19.0 Å². The molecule has 0 saturated carbocycles. The molecule has 0 aliphatic carbocycles. The van der Waals surface area contributed by atoms with Gasteiger partial charge in [0.1, 0.15) is 53.8 Å². The van der Waals surface area contributed by atoms with Gasteiger partial charge < -0.3 is 54.5 Å². The molecule has 2 saturated heterocycles. The smallest absolute Gasteiger partial charge is 0.387 e. The quantitative estimate of drug-likeness (QED) is 0.0714. The van der Waals surface area contributed by atoms with E-state index in [0.717, 1.165) is 0 Å². The predicted octanol–water partition coefficient (Wildman–Crippen LogP) is -1.69. The molecule has 0 bridgehead atoms. The Balaban J connectivity index is 0.000000216. The molecule has 272 valence electrons. The lowest BCUT2D eigenvalue weighted by Crippen LogP contribution is -2.33. The number of fused-ring (bicyclic) bond motifs is 2. The lowest BCUT2D eigenvalue weighted by Gasteiger charge is -2.16. The number of aryl methyl sites for hydroxylation is 2. The van der Waals surface area contributed by atoms with E-state index in [4.69, 9.17) is 40.6 Å². The second-order valence-electron chi connectivity index (χ2n) is 10.5. The summed E-state index contributed by atoms with van der Waals surface area (Å²) in [6.07, 6.45) is -7.72. The zero-order valence-electron chi connectivity index (χ0n) is 24.5. The van der Waals surface area contributed by atoms with Crippen LogP contribution in [0.3, 0.4) is 0 Å². The maximum absolute atomic E-state index is 11.8. The van der Waals surface area contributed by atoms with Crippen molar-refractivity contribution in [3.05, 3.63) is 39.8 Å². The summed E-state index contributed by atoms with van der Waals surface area (Å²) in [4.78, 5) is 69.4.